The Kier molecular flexibility index (Phi) is 4.44. The first-order valence-electron chi connectivity index (χ1n) is 6.68. The maximum Gasteiger partial charge on any atom is 0.345 e. The topological polar surface area (TPSA) is 94.9 Å². The normalized spacial score (nSPS) is 18.3. The van der Waals surface area contributed by atoms with Gasteiger partial charge in [-0.05, 0) is 25.8 Å². The van der Waals surface area contributed by atoms with E-state index in [0.29, 0.717) is 17.7 Å². The maximum absolute atomic E-state index is 12.5. The summed E-state index contributed by atoms with van der Waals surface area (Å²) in [6, 6.07) is 1.19. The van der Waals surface area contributed by atoms with Crippen molar-refractivity contribution < 1.29 is 23.4 Å². The average Bonchev–Trinajstić information content (AvgIpc) is 2.96. The van der Waals surface area contributed by atoms with Gasteiger partial charge in [-0.1, -0.05) is 12.8 Å². The molecule has 1 fully saturated rings. The highest BCUT2D eigenvalue weighted by atomic mass is 32.2. The van der Waals surface area contributed by atoms with Gasteiger partial charge >= 0.3 is 5.97 Å². The van der Waals surface area contributed by atoms with Crippen LogP contribution in [0.25, 0.3) is 0 Å². The third-order valence-electron chi connectivity index (χ3n) is 3.82. The molecule has 0 unspecified atom stereocenters. The number of carboxylic acid groups (broad SMARTS) is 1. The number of carbonyl (C=O) groups is 1. The van der Waals surface area contributed by atoms with Gasteiger partial charge in [-0.3, -0.25) is 0 Å². The van der Waals surface area contributed by atoms with E-state index >= 15 is 0 Å². The second-order valence-corrected chi connectivity index (χ2v) is 8.80. The molecule has 1 aromatic heterocycles. The number of sulfonamides is 1. The van der Waals surface area contributed by atoms with Crippen molar-refractivity contribution in [1.82, 2.24) is 4.31 Å². The molecule has 1 saturated carbocycles. The van der Waals surface area contributed by atoms with Crippen LogP contribution in [0.15, 0.2) is 11.0 Å². The van der Waals surface area contributed by atoms with E-state index in [-0.39, 0.29) is 16.3 Å². The van der Waals surface area contributed by atoms with Crippen LogP contribution in [0.1, 0.15) is 40.2 Å². The van der Waals surface area contributed by atoms with E-state index in [1.165, 1.54) is 13.1 Å². The molecule has 1 aromatic rings. The van der Waals surface area contributed by atoms with Crippen LogP contribution in [0.2, 0.25) is 0 Å². The molecule has 8 heteroatoms. The molecule has 2 N–H and O–H groups in total. The molecule has 6 nitrogen and oxygen atoms in total. The van der Waals surface area contributed by atoms with Crippen LogP contribution in [0.4, 0.5) is 0 Å². The highest BCUT2D eigenvalue weighted by Gasteiger charge is 2.36. The van der Waals surface area contributed by atoms with Gasteiger partial charge in [0.25, 0.3) is 0 Å². The summed E-state index contributed by atoms with van der Waals surface area (Å²) >= 11 is 0.941. The van der Waals surface area contributed by atoms with Crippen molar-refractivity contribution in [3.8, 4) is 0 Å². The molecule has 1 heterocycles. The zero-order valence-electron chi connectivity index (χ0n) is 12.0. The number of aliphatic hydroxyl groups is 1. The minimum absolute atomic E-state index is 0.000877. The molecule has 2 rings (SSSR count). The van der Waals surface area contributed by atoms with E-state index < -0.39 is 21.6 Å². The molecular formula is C13H19NO5S2. The van der Waals surface area contributed by atoms with Gasteiger partial charge in [0, 0.05) is 18.5 Å². The molecule has 1 aliphatic rings. The number of hydrogen-bond acceptors (Lipinski definition) is 5. The molecule has 0 aromatic carbocycles. The van der Waals surface area contributed by atoms with E-state index in [1.54, 1.807) is 6.92 Å². The fraction of sp³-hybridized carbons (Fsp3) is 0.615. The summed E-state index contributed by atoms with van der Waals surface area (Å²) < 4.78 is 26.2. The van der Waals surface area contributed by atoms with Crippen molar-refractivity contribution in [2.45, 2.75) is 43.1 Å². The van der Waals surface area contributed by atoms with Gasteiger partial charge in [-0.25, -0.2) is 13.2 Å². The zero-order chi connectivity index (χ0) is 15.8. The van der Waals surface area contributed by atoms with Crippen molar-refractivity contribution in [3.63, 3.8) is 0 Å². The van der Waals surface area contributed by atoms with E-state index in [9.17, 15) is 18.3 Å². The molecule has 0 saturated heterocycles. The summed E-state index contributed by atoms with van der Waals surface area (Å²) in [5.74, 6) is -1.14. The number of hydrogen-bond donors (Lipinski definition) is 2. The minimum Gasteiger partial charge on any atom is -0.477 e. The lowest BCUT2D eigenvalue weighted by molar-refractivity contribution is 0.0333. The lowest BCUT2D eigenvalue weighted by Gasteiger charge is -2.28. The predicted octanol–water partition coefficient (Wildman–Crippen LogP) is 1.68. The number of thiophene rings is 1. The molecule has 0 bridgehead atoms. The third kappa shape index (κ3) is 3.28. The molecule has 0 aliphatic heterocycles. The molecule has 1 aliphatic carbocycles. The Morgan fingerprint density at radius 2 is 2.00 bits per heavy atom. The van der Waals surface area contributed by atoms with Crippen LogP contribution in [0.3, 0.4) is 0 Å². The summed E-state index contributed by atoms with van der Waals surface area (Å²) in [5.41, 5.74) is -0.971. The SMILES string of the molecule is Cc1sc(C(=O)O)cc1S(=O)(=O)N(C)CC1(O)CCCC1. The first kappa shape index (κ1) is 16.4. The monoisotopic (exact) mass is 333 g/mol. The van der Waals surface area contributed by atoms with Gasteiger partial charge in [0.2, 0.25) is 10.0 Å². The fourth-order valence-electron chi connectivity index (χ4n) is 2.69. The summed E-state index contributed by atoms with van der Waals surface area (Å²) in [6.07, 6.45) is 2.97. The van der Waals surface area contributed by atoms with Crippen LogP contribution >= 0.6 is 11.3 Å². The molecular weight excluding hydrogens is 314 g/mol. The van der Waals surface area contributed by atoms with Crippen LogP contribution in [-0.2, 0) is 10.0 Å². The number of rotatable bonds is 5. The maximum atomic E-state index is 12.5. The van der Waals surface area contributed by atoms with Crippen molar-refractivity contribution in [2.75, 3.05) is 13.6 Å². The van der Waals surface area contributed by atoms with Crippen LogP contribution < -0.4 is 0 Å². The lowest BCUT2D eigenvalue weighted by atomic mass is 10.0. The van der Waals surface area contributed by atoms with Gasteiger partial charge in [-0.15, -0.1) is 11.3 Å². The Labute approximate surface area is 128 Å². The Morgan fingerprint density at radius 1 is 1.43 bits per heavy atom. The highest BCUT2D eigenvalue weighted by Crippen LogP contribution is 2.33. The Hall–Kier alpha value is -0.960. The second-order valence-electron chi connectivity index (χ2n) is 5.53. The Bertz CT molecular complexity index is 644. The fourth-order valence-corrected chi connectivity index (χ4v) is 5.33. The van der Waals surface area contributed by atoms with Crippen molar-refractivity contribution in [3.05, 3.63) is 15.8 Å². The quantitative estimate of drug-likeness (QED) is 0.855. The van der Waals surface area contributed by atoms with Gasteiger partial charge in [-0.2, -0.15) is 4.31 Å². The molecule has 118 valence electrons. The standard InChI is InChI=1S/C13H19NO5S2/c1-9-11(7-10(20-9)12(15)16)21(18,19)14(2)8-13(17)5-3-4-6-13/h7,17H,3-6,8H2,1-2H3,(H,15,16). The van der Waals surface area contributed by atoms with E-state index in [4.69, 9.17) is 5.11 Å². The van der Waals surface area contributed by atoms with Gasteiger partial charge < -0.3 is 10.2 Å². The van der Waals surface area contributed by atoms with E-state index in [1.807, 2.05) is 0 Å². The molecule has 0 amide bonds. The van der Waals surface area contributed by atoms with E-state index in [0.717, 1.165) is 28.5 Å². The third-order valence-corrected chi connectivity index (χ3v) is 6.92. The van der Waals surface area contributed by atoms with E-state index in [2.05, 4.69) is 0 Å². The Balaban J connectivity index is 2.26. The summed E-state index contributed by atoms with van der Waals surface area (Å²) in [6.45, 7) is 1.62. The molecule has 0 atom stereocenters. The van der Waals surface area contributed by atoms with Crippen LogP contribution in [-0.4, -0.2) is 48.1 Å². The number of aromatic carboxylic acids is 1. The van der Waals surface area contributed by atoms with Crippen LogP contribution in [0.5, 0.6) is 0 Å². The zero-order valence-corrected chi connectivity index (χ0v) is 13.6. The molecule has 0 radical (unpaired) electrons. The first-order chi connectivity index (χ1) is 9.66. The predicted molar refractivity (Wildman–Crippen MR) is 79.2 cm³/mol. The lowest BCUT2D eigenvalue weighted by Crippen LogP contribution is -2.42. The highest BCUT2D eigenvalue weighted by molar-refractivity contribution is 7.89. The molecule has 21 heavy (non-hydrogen) atoms. The minimum atomic E-state index is -3.79. The molecule has 0 spiro atoms. The number of nitrogens with zero attached hydrogens (tertiary/aromatic N) is 1. The van der Waals surface area contributed by atoms with Crippen molar-refractivity contribution >= 4 is 27.3 Å². The Morgan fingerprint density at radius 3 is 2.48 bits per heavy atom. The first-order valence-corrected chi connectivity index (χ1v) is 8.94. The number of carboxylic acids is 1. The van der Waals surface area contributed by atoms with Crippen molar-refractivity contribution in [2.24, 2.45) is 0 Å². The van der Waals surface area contributed by atoms with Crippen molar-refractivity contribution in [1.29, 1.82) is 0 Å². The second kappa shape index (κ2) is 5.68. The summed E-state index contributed by atoms with van der Waals surface area (Å²) in [5, 5.41) is 19.3. The largest absolute Gasteiger partial charge is 0.477 e. The van der Waals surface area contributed by atoms with Crippen LogP contribution in [0, 0.1) is 6.92 Å². The van der Waals surface area contributed by atoms with Gasteiger partial charge in [0.1, 0.15) is 4.88 Å². The average molecular weight is 333 g/mol. The van der Waals surface area contributed by atoms with Gasteiger partial charge in [0.15, 0.2) is 0 Å². The number of likely N-dealkylation sites (N-methyl/N-ethyl adjacent to an activating group) is 1. The smallest absolute Gasteiger partial charge is 0.345 e. The van der Waals surface area contributed by atoms with Gasteiger partial charge in [0.05, 0.1) is 10.5 Å². The summed E-state index contributed by atoms with van der Waals surface area (Å²) in [7, 11) is -2.37. The number of aryl methyl sites for hydroxylation is 1. The summed E-state index contributed by atoms with van der Waals surface area (Å²) in [4.78, 5) is 11.4.